The van der Waals surface area contributed by atoms with Crippen LogP contribution in [0.5, 0.6) is 5.88 Å². The van der Waals surface area contributed by atoms with Crippen LogP contribution in [0.3, 0.4) is 0 Å². The lowest BCUT2D eigenvalue weighted by Gasteiger charge is -2.22. The van der Waals surface area contributed by atoms with Crippen molar-refractivity contribution in [2.45, 2.75) is 0 Å². The summed E-state index contributed by atoms with van der Waals surface area (Å²) in [6.45, 7) is 0. The average Bonchev–Trinajstić information content (AvgIpc) is 2.75. The van der Waals surface area contributed by atoms with Gasteiger partial charge in [-0.1, -0.05) is 12.2 Å². The van der Waals surface area contributed by atoms with Crippen molar-refractivity contribution >= 4 is 29.5 Å². The van der Waals surface area contributed by atoms with Crippen molar-refractivity contribution in [1.82, 2.24) is 24.8 Å². The Labute approximate surface area is 174 Å². The highest BCUT2D eigenvalue weighted by atomic mass is 16.3. The monoisotopic (exact) mass is 423 g/mol. The molecule has 0 spiro atoms. The molecule has 1 fully saturated rings. The fourth-order valence-electron chi connectivity index (χ4n) is 2.68. The van der Waals surface area contributed by atoms with E-state index in [4.69, 9.17) is 0 Å². The molecule has 3 heterocycles. The highest BCUT2D eigenvalue weighted by Crippen LogP contribution is 2.19. The molecule has 31 heavy (non-hydrogen) atoms. The number of urea groups is 1. The second-order valence-corrected chi connectivity index (χ2v) is 6.45. The summed E-state index contributed by atoms with van der Waals surface area (Å²) in [4.78, 5) is 66.5. The van der Waals surface area contributed by atoms with Crippen LogP contribution in [0.4, 0.5) is 4.79 Å². The summed E-state index contributed by atoms with van der Waals surface area (Å²) in [7, 11) is 2.49. The molecule has 3 rings (SSSR count). The van der Waals surface area contributed by atoms with E-state index < -0.39 is 35.0 Å². The Bertz CT molecular complexity index is 1280. The first-order valence-corrected chi connectivity index (χ1v) is 8.86. The van der Waals surface area contributed by atoms with E-state index in [1.807, 2.05) is 5.32 Å². The van der Waals surface area contributed by atoms with Crippen molar-refractivity contribution in [1.29, 1.82) is 0 Å². The normalized spacial score (nSPS) is 16.3. The first-order valence-electron chi connectivity index (χ1n) is 8.86. The number of H-pyrrole nitrogens is 1. The lowest BCUT2D eigenvalue weighted by Crippen LogP contribution is -2.52. The van der Waals surface area contributed by atoms with Crippen molar-refractivity contribution in [3.63, 3.8) is 0 Å². The number of aromatic nitrogens is 3. The maximum absolute atomic E-state index is 12.3. The van der Waals surface area contributed by atoms with Gasteiger partial charge in [0.25, 0.3) is 17.4 Å². The summed E-state index contributed by atoms with van der Waals surface area (Å²) in [5.41, 5.74) is -0.835. The molecular formula is C20H17N5O6. The topological polar surface area (TPSA) is 154 Å². The Balaban J connectivity index is 2.08. The fourth-order valence-corrected chi connectivity index (χ4v) is 2.68. The summed E-state index contributed by atoms with van der Waals surface area (Å²) in [5.74, 6) is -2.21. The van der Waals surface area contributed by atoms with Gasteiger partial charge in [0.15, 0.2) is 0 Å². The Morgan fingerprint density at radius 3 is 2.45 bits per heavy atom. The number of carbonyl (C=O) groups is 3. The second kappa shape index (κ2) is 8.45. The van der Waals surface area contributed by atoms with Gasteiger partial charge < -0.3 is 5.11 Å². The third kappa shape index (κ3) is 4.24. The molecule has 3 N–H and O–H groups in total. The van der Waals surface area contributed by atoms with Gasteiger partial charge >= 0.3 is 11.7 Å². The molecule has 0 unspecified atom stereocenters. The number of likely N-dealkylation sites (N-methyl/N-ethyl adjacent to an activating group) is 1. The summed E-state index contributed by atoms with van der Waals surface area (Å²) in [6, 6.07) is 2.48. The minimum atomic E-state index is -0.838. The van der Waals surface area contributed by atoms with Crippen molar-refractivity contribution < 1.29 is 19.5 Å². The van der Waals surface area contributed by atoms with E-state index in [-0.39, 0.29) is 11.1 Å². The molecule has 0 radical (unpaired) electrons. The zero-order valence-electron chi connectivity index (χ0n) is 16.4. The van der Waals surface area contributed by atoms with Crippen LogP contribution < -0.4 is 16.6 Å². The van der Waals surface area contributed by atoms with Gasteiger partial charge in [-0.3, -0.25) is 39.1 Å². The number of amides is 4. The molecule has 2 aromatic heterocycles. The molecule has 0 aliphatic carbocycles. The molecule has 1 saturated heterocycles. The summed E-state index contributed by atoms with van der Waals surface area (Å²) >= 11 is 0. The molecule has 0 atom stereocenters. The first kappa shape index (κ1) is 21.2. The largest absolute Gasteiger partial charge is 0.494 e. The summed E-state index contributed by atoms with van der Waals surface area (Å²) < 4.78 is 0.801. The number of aromatic amines is 1. The number of nitrogens with one attached hydrogen (secondary N) is 2. The van der Waals surface area contributed by atoms with Gasteiger partial charge in [-0.2, -0.15) is 0 Å². The zero-order valence-corrected chi connectivity index (χ0v) is 16.4. The van der Waals surface area contributed by atoms with Gasteiger partial charge in [-0.05, 0) is 35.4 Å². The highest BCUT2D eigenvalue weighted by molar-refractivity contribution is 6.28. The highest BCUT2D eigenvalue weighted by Gasteiger charge is 2.32. The van der Waals surface area contributed by atoms with E-state index in [9.17, 15) is 29.1 Å². The van der Waals surface area contributed by atoms with Crippen molar-refractivity contribution in [2.24, 2.45) is 7.05 Å². The Morgan fingerprint density at radius 2 is 1.77 bits per heavy atom. The van der Waals surface area contributed by atoms with Gasteiger partial charge in [0.2, 0.25) is 5.88 Å². The van der Waals surface area contributed by atoms with Crippen molar-refractivity contribution in [3.05, 3.63) is 80.3 Å². The zero-order chi connectivity index (χ0) is 22.7. The van der Waals surface area contributed by atoms with Crippen LogP contribution in [0, 0.1) is 0 Å². The minimum Gasteiger partial charge on any atom is -0.494 e. The first-order chi connectivity index (χ1) is 14.7. The maximum atomic E-state index is 12.3. The van der Waals surface area contributed by atoms with E-state index in [2.05, 4.69) is 9.97 Å². The number of imide groups is 2. The van der Waals surface area contributed by atoms with E-state index in [1.165, 1.54) is 50.8 Å². The van der Waals surface area contributed by atoms with E-state index in [0.717, 1.165) is 9.47 Å². The van der Waals surface area contributed by atoms with E-state index >= 15 is 0 Å². The molecule has 0 saturated carbocycles. The van der Waals surface area contributed by atoms with Crippen molar-refractivity contribution in [3.8, 4) is 5.88 Å². The maximum Gasteiger partial charge on any atom is 0.331 e. The standard InChI is InChI=1S/C20H17N5O6/c1-24-17(28)13(15(26)22-19(24)30)5-3-11(12-7-9-21-10-8-12)4-6-14-16(27)23-20(31)25(2)18(14)29/h3-10,26H,1-2H3,(H,22,30)(H,23,27,31)/b5-3?,11-4?,14-6+. The number of aromatic hydroxyl groups is 1. The number of allylic oxidation sites excluding steroid dienone is 4. The summed E-state index contributed by atoms with van der Waals surface area (Å²) in [6.07, 6.45) is 8.47. The Morgan fingerprint density at radius 1 is 1.10 bits per heavy atom. The third-order valence-electron chi connectivity index (χ3n) is 4.50. The van der Waals surface area contributed by atoms with Crippen LogP contribution in [0.2, 0.25) is 0 Å². The lowest BCUT2D eigenvalue weighted by molar-refractivity contribution is -0.129. The SMILES string of the molecule is CN1C(=O)NC(=O)/C(=C\C=C(C=Cc2c(O)[nH]c(=O)n(C)c2=O)c2ccncc2)C1=O. The number of carbonyl (C=O) groups excluding carboxylic acids is 3. The number of barbiturate groups is 1. The predicted molar refractivity (Wildman–Crippen MR) is 110 cm³/mol. The van der Waals surface area contributed by atoms with E-state index in [1.54, 1.807) is 12.1 Å². The second-order valence-electron chi connectivity index (χ2n) is 6.45. The fraction of sp³-hybridized carbons (Fsp3) is 0.100. The molecule has 2 aromatic rings. The molecule has 1 aliphatic heterocycles. The molecule has 11 heteroatoms. The quantitative estimate of drug-likeness (QED) is 0.353. The van der Waals surface area contributed by atoms with Crippen LogP contribution >= 0.6 is 0 Å². The van der Waals surface area contributed by atoms with Crippen molar-refractivity contribution in [2.75, 3.05) is 7.05 Å². The Hall–Kier alpha value is -4.54. The predicted octanol–water partition coefficient (Wildman–Crippen LogP) is -0.0944. The van der Waals surface area contributed by atoms with Crippen LogP contribution in [0.15, 0.2) is 57.9 Å². The van der Waals surface area contributed by atoms with Crippen LogP contribution in [-0.4, -0.2) is 49.4 Å². The number of hydrogen-bond acceptors (Lipinski definition) is 7. The van der Waals surface area contributed by atoms with Gasteiger partial charge in [0.05, 0.1) is 0 Å². The molecule has 4 amide bonds. The van der Waals surface area contributed by atoms with Gasteiger partial charge in [-0.15, -0.1) is 0 Å². The molecular weight excluding hydrogens is 406 g/mol. The molecule has 1 aliphatic rings. The van der Waals surface area contributed by atoms with Crippen LogP contribution in [0.1, 0.15) is 11.1 Å². The third-order valence-corrected chi connectivity index (χ3v) is 4.50. The minimum absolute atomic E-state index is 0.161. The molecule has 158 valence electrons. The van der Waals surface area contributed by atoms with Gasteiger partial charge in [-0.25, -0.2) is 9.59 Å². The average molecular weight is 423 g/mol. The number of hydrogen-bond donors (Lipinski definition) is 3. The number of pyridine rings is 1. The smallest absolute Gasteiger partial charge is 0.331 e. The molecule has 0 aromatic carbocycles. The number of nitrogens with zero attached hydrogens (tertiary/aromatic N) is 3. The number of rotatable bonds is 4. The lowest BCUT2D eigenvalue weighted by atomic mass is 10.0. The van der Waals surface area contributed by atoms with Crippen LogP contribution in [-0.2, 0) is 16.6 Å². The van der Waals surface area contributed by atoms with Crippen LogP contribution in [0.25, 0.3) is 11.6 Å². The molecule has 11 nitrogen and oxygen atoms in total. The van der Waals surface area contributed by atoms with E-state index in [0.29, 0.717) is 11.1 Å². The Kier molecular flexibility index (Phi) is 5.77. The molecule has 0 bridgehead atoms. The van der Waals surface area contributed by atoms with Gasteiger partial charge in [0, 0.05) is 26.5 Å². The summed E-state index contributed by atoms with van der Waals surface area (Å²) in [5, 5.41) is 12.0. The van der Waals surface area contributed by atoms with Gasteiger partial charge in [0.1, 0.15) is 11.1 Å².